The van der Waals surface area contributed by atoms with Gasteiger partial charge in [-0.25, -0.2) is 0 Å². The van der Waals surface area contributed by atoms with Crippen LogP contribution in [0, 0.1) is 11.3 Å². The molecule has 5 nitrogen and oxygen atoms in total. The number of phenols is 1. The van der Waals surface area contributed by atoms with E-state index in [1.54, 1.807) is 6.07 Å². The summed E-state index contributed by atoms with van der Waals surface area (Å²) in [4.78, 5) is 14.4. The summed E-state index contributed by atoms with van der Waals surface area (Å²) in [6.45, 7) is 6.54. The fourth-order valence-corrected chi connectivity index (χ4v) is 6.73. The van der Waals surface area contributed by atoms with Gasteiger partial charge in [0.05, 0.1) is 11.2 Å². The highest BCUT2D eigenvalue weighted by Gasteiger charge is 2.66. The van der Waals surface area contributed by atoms with E-state index >= 15 is 0 Å². The molecule has 3 atom stereocenters. The number of aromatic hydroxyl groups is 1. The molecule has 0 spiro atoms. The van der Waals surface area contributed by atoms with Gasteiger partial charge in [-0.3, -0.25) is 9.69 Å². The highest BCUT2D eigenvalue weighted by atomic mass is 16.3. The zero-order chi connectivity index (χ0) is 19.9. The molecule has 4 N–H and O–H groups in total. The first kappa shape index (κ1) is 18.4. The minimum Gasteiger partial charge on any atom is -0.507 e. The maximum absolute atomic E-state index is 12.2. The van der Waals surface area contributed by atoms with Crippen molar-refractivity contribution in [2.24, 2.45) is 17.1 Å². The lowest BCUT2D eigenvalue weighted by molar-refractivity contribution is -0.184. The predicted molar refractivity (Wildman–Crippen MR) is 107 cm³/mol. The molecule has 3 aliphatic carbocycles. The molecule has 5 heteroatoms. The number of hydrogen-bond acceptors (Lipinski definition) is 4. The fourth-order valence-electron chi connectivity index (χ4n) is 6.73. The number of likely N-dealkylation sites (tertiary alicyclic amines) is 1. The average molecular weight is 385 g/mol. The van der Waals surface area contributed by atoms with Gasteiger partial charge in [-0.2, -0.15) is 0 Å². The molecule has 1 unspecified atom stereocenters. The molecule has 0 radical (unpaired) electrons. The quantitative estimate of drug-likeness (QED) is 0.748. The molecule has 2 bridgehead atoms. The smallest absolute Gasteiger partial charge is 0.252 e. The van der Waals surface area contributed by atoms with E-state index in [0.29, 0.717) is 0 Å². The van der Waals surface area contributed by atoms with E-state index in [1.807, 2.05) is 6.07 Å². The van der Waals surface area contributed by atoms with Crippen LogP contribution in [0.15, 0.2) is 12.1 Å². The predicted octanol–water partition coefficient (Wildman–Crippen LogP) is 2.71. The Bertz CT molecular complexity index is 846. The normalized spacial score (nSPS) is 36.5. The number of primary amides is 1. The summed E-state index contributed by atoms with van der Waals surface area (Å²) >= 11 is 0. The first-order valence-corrected chi connectivity index (χ1v) is 10.8. The Morgan fingerprint density at radius 1 is 1.25 bits per heavy atom. The van der Waals surface area contributed by atoms with Crippen LogP contribution in [0.5, 0.6) is 5.75 Å². The van der Waals surface area contributed by atoms with E-state index < -0.39 is 16.9 Å². The van der Waals surface area contributed by atoms with Crippen LogP contribution in [-0.2, 0) is 11.8 Å². The van der Waals surface area contributed by atoms with Crippen LogP contribution in [0.1, 0.15) is 73.9 Å². The molecule has 1 aromatic carbocycles. The molecule has 1 saturated heterocycles. The number of rotatable bonds is 3. The van der Waals surface area contributed by atoms with Gasteiger partial charge in [0, 0.05) is 23.6 Å². The summed E-state index contributed by atoms with van der Waals surface area (Å²) in [5.74, 6) is 0.182. The number of carbonyl (C=O) groups excluding carboxylic acids is 1. The average Bonchev–Trinajstić information content (AvgIpc) is 3.41. The number of amides is 1. The monoisotopic (exact) mass is 384 g/mol. The summed E-state index contributed by atoms with van der Waals surface area (Å²) in [5.41, 5.74) is 6.31. The van der Waals surface area contributed by atoms with Crippen LogP contribution < -0.4 is 5.73 Å². The second-order valence-corrected chi connectivity index (χ2v) is 10.6. The molecular formula is C23H32N2O3. The Hall–Kier alpha value is -1.59. The SMILES string of the molecule is CC1(C)CC[C@@]2(O)[C@H]3Cc4ccc(C(N)=O)c(O)c4C2(CCN3CC2CC2)C1. The van der Waals surface area contributed by atoms with Crippen molar-refractivity contribution in [2.75, 3.05) is 13.1 Å². The molecule has 2 saturated carbocycles. The summed E-state index contributed by atoms with van der Waals surface area (Å²) < 4.78 is 0. The van der Waals surface area contributed by atoms with Gasteiger partial charge in [0.2, 0.25) is 0 Å². The van der Waals surface area contributed by atoms with Crippen LogP contribution in [0.25, 0.3) is 0 Å². The second-order valence-electron chi connectivity index (χ2n) is 10.6. The maximum Gasteiger partial charge on any atom is 0.252 e. The van der Waals surface area contributed by atoms with Gasteiger partial charge >= 0.3 is 0 Å². The zero-order valence-corrected chi connectivity index (χ0v) is 17.0. The third kappa shape index (κ3) is 2.42. The molecule has 1 aromatic rings. The van der Waals surface area contributed by atoms with Gasteiger partial charge in [-0.15, -0.1) is 0 Å². The van der Waals surface area contributed by atoms with Gasteiger partial charge in [-0.05, 0) is 74.5 Å². The summed E-state index contributed by atoms with van der Waals surface area (Å²) in [5, 5.41) is 23.4. The molecule has 3 fully saturated rings. The van der Waals surface area contributed by atoms with Crippen molar-refractivity contribution in [3.63, 3.8) is 0 Å². The number of carbonyl (C=O) groups is 1. The van der Waals surface area contributed by atoms with Crippen LogP contribution in [0.2, 0.25) is 0 Å². The minimum atomic E-state index is -0.865. The van der Waals surface area contributed by atoms with Crippen LogP contribution in [-0.4, -0.2) is 45.8 Å². The molecular weight excluding hydrogens is 352 g/mol. The third-order valence-electron chi connectivity index (χ3n) is 8.22. The van der Waals surface area contributed by atoms with Crippen LogP contribution >= 0.6 is 0 Å². The van der Waals surface area contributed by atoms with Crippen molar-refractivity contribution in [2.45, 2.75) is 75.9 Å². The van der Waals surface area contributed by atoms with Crippen LogP contribution in [0.4, 0.5) is 0 Å². The van der Waals surface area contributed by atoms with Crippen molar-refractivity contribution in [1.29, 1.82) is 0 Å². The number of benzene rings is 1. The Balaban J connectivity index is 1.70. The Morgan fingerprint density at radius 2 is 2.00 bits per heavy atom. The van der Waals surface area contributed by atoms with Gasteiger partial charge < -0.3 is 15.9 Å². The number of nitrogens with zero attached hydrogens (tertiary/aromatic N) is 1. The zero-order valence-electron chi connectivity index (χ0n) is 17.0. The first-order valence-electron chi connectivity index (χ1n) is 10.8. The van der Waals surface area contributed by atoms with Crippen LogP contribution in [0.3, 0.4) is 0 Å². The minimum absolute atomic E-state index is 0.00946. The number of piperidine rings is 1. The third-order valence-corrected chi connectivity index (χ3v) is 8.22. The van der Waals surface area contributed by atoms with E-state index in [9.17, 15) is 15.0 Å². The van der Waals surface area contributed by atoms with E-state index in [1.165, 1.54) is 12.8 Å². The second kappa shape index (κ2) is 5.73. The largest absolute Gasteiger partial charge is 0.507 e. The van der Waals surface area contributed by atoms with Gasteiger partial charge in [0.15, 0.2) is 0 Å². The lowest BCUT2D eigenvalue weighted by atomic mass is 9.45. The number of nitrogens with two attached hydrogens (primary N) is 1. The molecule has 1 heterocycles. The lowest BCUT2D eigenvalue weighted by Crippen LogP contribution is -2.73. The van der Waals surface area contributed by atoms with Crippen molar-refractivity contribution in [3.05, 3.63) is 28.8 Å². The van der Waals surface area contributed by atoms with E-state index in [-0.39, 0.29) is 22.8 Å². The highest BCUT2D eigenvalue weighted by molar-refractivity contribution is 5.96. The first-order chi connectivity index (χ1) is 13.2. The fraction of sp³-hybridized carbons (Fsp3) is 0.696. The summed E-state index contributed by atoms with van der Waals surface area (Å²) in [7, 11) is 0. The van der Waals surface area contributed by atoms with Crippen molar-refractivity contribution in [1.82, 2.24) is 4.90 Å². The topological polar surface area (TPSA) is 86.8 Å². The Kier molecular flexibility index (Phi) is 3.77. The summed E-state index contributed by atoms with van der Waals surface area (Å²) in [6.07, 6.45) is 6.70. The lowest BCUT2D eigenvalue weighted by Gasteiger charge is -2.66. The molecule has 4 aliphatic rings. The maximum atomic E-state index is 12.2. The van der Waals surface area contributed by atoms with E-state index in [0.717, 1.165) is 62.2 Å². The number of aliphatic hydroxyl groups is 1. The highest BCUT2D eigenvalue weighted by Crippen LogP contribution is 2.63. The molecule has 0 aromatic heterocycles. The summed E-state index contributed by atoms with van der Waals surface area (Å²) in [6, 6.07) is 3.71. The van der Waals surface area contributed by atoms with Crippen molar-refractivity contribution < 1.29 is 15.0 Å². The Morgan fingerprint density at radius 3 is 2.68 bits per heavy atom. The molecule has 1 amide bonds. The van der Waals surface area contributed by atoms with Gasteiger partial charge in [0.1, 0.15) is 5.75 Å². The molecule has 152 valence electrons. The molecule has 1 aliphatic heterocycles. The number of hydrogen-bond donors (Lipinski definition) is 3. The molecule has 28 heavy (non-hydrogen) atoms. The van der Waals surface area contributed by atoms with Gasteiger partial charge in [0.25, 0.3) is 5.91 Å². The Labute approximate surface area is 166 Å². The standard InChI is InChI=1S/C23H32N2O3/c1-21(2)7-8-23(28)17-11-15-5-6-16(20(24)27)19(26)18(15)22(23,13-21)9-10-25(17)12-14-3-4-14/h5-6,14,17,26,28H,3-4,7-13H2,1-2H3,(H2,24,27)/t17-,22?,23-/m1/s1. The van der Waals surface area contributed by atoms with E-state index in [2.05, 4.69) is 18.7 Å². The van der Waals surface area contributed by atoms with Gasteiger partial charge in [-0.1, -0.05) is 19.9 Å². The van der Waals surface area contributed by atoms with E-state index in [4.69, 9.17) is 5.73 Å². The molecule has 5 rings (SSSR count). The number of fused-ring (bicyclic) bond motifs is 1. The van der Waals surface area contributed by atoms with Crippen molar-refractivity contribution >= 4 is 5.91 Å². The van der Waals surface area contributed by atoms with Crippen molar-refractivity contribution in [3.8, 4) is 5.75 Å².